The molecule has 25 heavy (non-hydrogen) atoms. The second kappa shape index (κ2) is 7.26. The van der Waals surface area contributed by atoms with Gasteiger partial charge in [-0.25, -0.2) is 0 Å². The molecule has 136 valence electrons. The zero-order valence-corrected chi connectivity index (χ0v) is 15.5. The van der Waals surface area contributed by atoms with Crippen LogP contribution < -0.4 is 0 Å². The standard InChI is InChI=1S/C20H27ClN2O2/c21-18-3-1-16(2-4-18)13-23-15-20(11-19(23)24)6-8-22(9-7-20)12-17-5-10-25-14-17/h1-4,17H,5-15H2. The normalized spacial score (nSPS) is 26.7. The lowest BCUT2D eigenvalue weighted by molar-refractivity contribution is -0.128. The number of hydrogen-bond donors (Lipinski definition) is 0. The van der Waals surface area contributed by atoms with Gasteiger partial charge >= 0.3 is 0 Å². The molecule has 1 spiro atoms. The Hall–Kier alpha value is -1.10. The van der Waals surface area contributed by atoms with Gasteiger partial charge in [-0.05, 0) is 61.4 Å². The molecule has 3 heterocycles. The van der Waals surface area contributed by atoms with Crippen LogP contribution in [0.2, 0.25) is 5.02 Å². The van der Waals surface area contributed by atoms with Gasteiger partial charge in [0.1, 0.15) is 0 Å². The molecular formula is C20H27ClN2O2. The molecule has 0 aromatic heterocycles. The number of rotatable bonds is 4. The van der Waals surface area contributed by atoms with Crippen LogP contribution in [0.25, 0.3) is 0 Å². The van der Waals surface area contributed by atoms with E-state index in [0.29, 0.717) is 18.4 Å². The highest BCUT2D eigenvalue weighted by atomic mass is 35.5. The maximum Gasteiger partial charge on any atom is 0.223 e. The molecule has 3 aliphatic heterocycles. The summed E-state index contributed by atoms with van der Waals surface area (Å²) in [5.74, 6) is 1.02. The Labute approximate surface area is 155 Å². The number of benzene rings is 1. The quantitative estimate of drug-likeness (QED) is 0.824. The first kappa shape index (κ1) is 17.3. The summed E-state index contributed by atoms with van der Waals surface area (Å²) in [5, 5.41) is 0.744. The second-order valence-electron chi connectivity index (χ2n) is 8.08. The first-order valence-corrected chi connectivity index (χ1v) is 9.82. The number of likely N-dealkylation sites (tertiary alicyclic amines) is 2. The number of amides is 1. The van der Waals surface area contributed by atoms with E-state index in [-0.39, 0.29) is 5.41 Å². The maximum absolute atomic E-state index is 12.5. The van der Waals surface area contributed by atoms with Gasteiger partial charge in [-0.2, -0.15) is 0 Å². The topological polar surface area (TPSA) is 32.8 Å². The molecule has 1 aromatic carbocycles. The monoisotopic (exact) mass is 362 g/mol. The summed E-state index contributed by atoms with van der Waals surface area (Å²) in [6, 6.07) is 7.84. The van der Waals surface area contributed by atoms with Gasteiger partial charge in [0.2, 0.25) is 5.91 Å². The van der Waals surface area contributed by atoms with Gasteiger partial charge in [-0.3, -0.25) is 4.79 Å². The van der Waals surface area contributed by atoms with Crippen LogP contribution >= 0.6 is 11.6 Å². The smallest absolute Gasteiger partial charge is 0.223 e. The predicted octanol–water partition coefficient (Wildman–Crippen LogP) is 3.19. The molecule has 4 rings (SSSR count). The van der Waals surface area contributed by atoms with Crippen molar-refractivity contribution in [1.82, 2.24) is 9.80 Å². The molecule has 0 aliphatic carbocycles. The van der Waals surface area contributed by atoms with Crippen molar-refractivity contribution in [3.8, 4) is 0 Å². The second-order valence-corrected chi connectivity index (χ2v) is 8.52. The number of piperidine rings is 1. The fraction of sp³-hybridized carbons (Fsp3) is 0.650. The van der Waals surface area contributed by atoms with E-state index in [2.05, 4.69) is 4.90 Å². The average molecular weight is 363 g/mol. The van der Waals surface area contributed by atoms with Gasteiger partial charge in [0.25, 0.3) is 0 Å². The molecule has 0 radical (unpaired) electrons. The molecule has 1 aromatic rings. The van der Waals surface area contributed by atoms with Crippen molar-refractivity contribution >= 4 is 17.5 Å². The first-order chi connectivity index (χ1) is 12.1. The van der Waals surface area contributed by atoms with Crippen LogP contribution in [0.1, 0.15) is 31.2 Å². The highest BCUT2D eigenvalue weighted by molar-refractivity contribution is 6.30. The van der Waals surface area contributed by atoms with Gasteiger partial charge in [-0.15, -0.1) is 0 Å². The fourth-order valence-electron chi connectivity index (χ4n) is 4.57. The molecule has 1 atom stereocenters. The molecule has 0 N–H and O–H groups in total. The number of carbonyl (C=O) groups excluding carboxylic acids is 1. The third-order valence-electron chi connectivity index (χ3n) is 6.15. The average Bonchev–Trinajstić information content (AvgIpc) is 3.21. The summed E-state index contributed by atoms with van der Waals surface area (Å²) in [6.45, 7) is 6.89. The van der Waals surface area contributed by atoms with E-state index in [9.17, 15) is 4.79 Å². The summed E-state index contributed by atoms with van der Waals surface area (Å²) in [7, 11) is 0. The van der Waals surface area contributed by atoms with Gasteiger partial charge in [0, 0.05) is 37.7 Å². The molecule has 1 unspecified atom stereocenters. The molecule has 0 bridgehead atoms. The molecule has 3 saturated heterocycles. The summed E-state index contributed by atoms with van der Waals surface area (Å²) in [5.41, 5.74) is 1.36. The van der Waals surface area contributed by atoms with Crippen molar-refractivity contribution in [3.05, 3.63) is 34.9 Å². The van der Waals surface area contributed by atoms with Crippen molar-refractivity contribution in [2.75, 3.05) is 39.4 Å². The molecular weight excluding hydrogens is 336 g/mol. The van der Waals surface area contributed by atoms with Gasteiger partial charge in [0.05, 0.1) is 6.61 Å². The molecule has 3 fully saturated rings. The van der Waals surface area contributed by atoms with E-state index in [4.69, 9.17) is 16.3 Å². The molecule has 5 heteroatoms. The van der Waals surface area contributed by atoms with Crippen molar-refractivity contribution in [2.24, 2.45) is 11.3 Å². The largest absolute Gasteiger partial charge is 0.381 e. The molecule has 1 amide bonds. The summed E-state index contributed by atoms with van der Waals surface area (Å²) >= 11 is 5.95. The highest BCUT2D eigenvalue weighted by Gasteiger charge is 2.44. The lowest BCUT2D eigenvalue weighted by Crippen LogP contribution is -2.43. The highest BCUT2D eigenvalue weighted by Crippen LogP contribution is 2.41. The maximum atomic E-state index is 12.5. The number of halogens is 1. The summed E-state index contributed by atoms with van der Waals surface area (Å²) in [4.78, 5) is 17.2. The van der Waals surface area contributed by atoms with Crippen molar-refractivity contribution in [2.45, 2.75) is 32.2 Å². The number of carbonyl (C=O) groups is 1. The predicted molar refractivity (Wildman–Crippen MR) is 98.5 cm³/mol. The van der Waals surface area contributed by atoms with Crippen LogP contribution in [-0.4, -0.2) is 55.1 Å². The fourth-order valence-corrected chi connectivity index (χ4v) is 4.70. The van der Waals surface area contributed by atoms with Crippen LogP contribution in [0.15, 0.2) is 24.3 Å². The Morgan fingerprint density at radius 2 is 1.96 bits per heavy atom. The third-order valence-corrected chi connectivity index (χ3v) is 6.40. The lowest BCUT2D eigenvalue weighted by atomic mass is 9.77. The Balaban J connectivity index is 1.31. The minimum atomic E-state index is 0.201. The zero-order chi connectivity index (χ0) is 17.3. The van der Waals surface area contributed by atoms with Gasteiger partial charge in [-0.1, -0.05) is 23.7 Å². The van der Waals surface area contributed by atoms with E-state index in [0.717, 1.165) is 62.7 Å². The summed E-state index contributed by atoms with van der Waals surface area (Å²) in [6.07, 6.45) is 4.21. The Kier molecular flexibility index (Phi) is 5.03. The third kappa shape index (κ3) is 4.02. The summed E-state index contributed by atoms with van der Waals surface area (Å²) < 4.78 is 5.50. The number of nitrogens with zero attached hydrogens (tertiary/aromatic N) is 2. The Morgan fingerprint density at radius 3 is 2.64 bits per heavy atom. The zero-order valence-electron chi connectivity index (χ0n) is 14.8. The van der Waals surface area contributed by atoms with E-state index in [1.807, 2.05) is 29.2 Å². The van der Waals surface area contributed by atoms with Crippen LogP contribution in [-0.2, 0) is 16.1 Å². The molecule has 4 nitrogen and oxygen atoms in total. The van der Waals surface area contributed by atoms with Crippen LogP contribution in [0.5, 0.6) is 0 Å². The molecule has 3 aliphatic rings. The van der Waals surface area contributed by atoms with Crippen molar-refractivity contribution in [1.29, 1.82) is 0 Å². The number of hydrogen-bond acceptors (Lipinski definition) is 3. The van der Waals surface area contributed by atoms with Crippen LogP contribution in [0, 0.1) is 11.3 Å². The molecule has 0 saturated carbocycles. The first-order valence-electron chi connectivity index (χ1n) is 9.44. The van der Waals surface area contributed by atoms with Crippen molar-refractivity contribution < 1.29 is 9.53 Å². The minimum Gasteiger partial charge on any atom is -0.381 e. The van der Waals surface area contributed by atoms with Gasteiger partial charge < -0.3 is 14.5 Å². The lowest BCUT2D eigenvalue weighted by Gasteiger charge is -2.39. The number of ether oxygens (including phenoxy) is 1. The Bertz CT molecular complexity index is 605. The van der Waals surface area contributed by atoms with Crippen molar-refractivity contribution in [3.63, 3.8) is 0 Å². The van der Waals surface area contributed by atoms with Gasteiger partial charge in [0.15, 0.2) is 0 Å². The van der Waals surface area contributed by atoms with Crippen LogP contribution in [0.3, 0.4) is 0 Å². The minimum absolute atomic E-state index is 0.201. The Morgan fingerprint density at radius 1 is 1.20 bits per heavy atom. The van der Waals surface area contributed by atoms with E-state index >= 15 is 0 Å². The van der Waals surface area contributed by atoms with E-state index in [1.54, 1.807) is 0 Å². The van der Waals surface area contributed by atoms with E-state index < -0.39 is 0 Å². The van der Waals surface area contributed by atoms with Crippen LogP contribution in [0.4, 0.5) is 0 Å². The van der Waals surface area contributed by atoms with E-state index in [1.165, 1.54) is 13.0 Å². The SMILES string of the molecule is O=C1CC2(CCN(CC3CCOC3)CC2)CN1Cc1ccc(Cl)cc1.